The van der Waals surface area contributed by atoms with E-state index >= 15 is 0 Å². The summed E-state index contributed by atoms with van der Waals surface area (Å²) in [6.07, 6.45) is 1.02. The Morgan fingerprint density at radius 2 is 1.93 bits per heavy atom. The molecule has 0 bridgehead atoms. The van der Waals surface area contributed by atoms with Crippen LogP contribution in [0.25, 0.3) is 10.1 Å². The van der Waals surface area contributed by atoms with Gasteiger partial charge in [-0.1, -0.05) is 18.2 Å². The number of ether oxygens (including phenoxy) is 1. The van der Waals surface area contributed by atoms with E-state index in [0.717, 1.165) is 41.7 Å². The van der Waals surface area contributed by atoms with Crippen molar-refractivity contribution in [3.8, 4) is 0 Å². The summed E-state index contributed by atoms with van der Waals surface area (Å²) < 4.78 is 6.64. The molecule has 2 aliphatic rings. The Bertz CT molecular complexity index is 1070. The Hall–Kier alpha value is -2.51. The van der Waals surface area contributed by atoms with Crippen molar-refractivity contribution >= 4 is 33.1 Å². The Balaban J connectivity index is 1.49. The van der Waals surface area contributed by atoms with Gasteiger partial charge in [0.1, 0.15) is 11.6 Å². The number of rotatable bonds is 3. The number of carbonyl (C=O) groups is 1. The topological polar surface area (TPSA) is 58.6 Å². The Kier molecular flexibility index (Phi) is 5.16. The first-order valence-electron chi connectivity index (χ1n) is 10.6. The minimum atomic E-state index is 0.154. The number of hydrogen-bond donors (Lipinski definition) is 0. The molecule has 5 rings (SSSR count). The number of thiophene rings is 1. The highest BCUT2D eigenvalue weighted by Crippen LogP contribution is 2.41. The number of carbonyl (C=O) groups excluding carboxylic acids is 1. The van der Waals surface area contributed by atoms with Crippen LogP contribution < -0.4 is 4.90 Å². The third kappa shape index (κ3) is 3.56. The van der Waals surface area contributed by atoms with Crippen molar-refractivity contribution in [3.63, 3.8) is 0 Å². The molecule has 7 heteroatoms. The lowest BCUT2D eigenvalue weighted by Crippen LogP contribution is -2.40. The number of amides is 1. The molecule has 3 aromatic rings. The minimum absolute atomic E-state index is 0.154. The summed E-state index contributed by atoms with van der Waals surface area (Å²) in [4.78, 5) is 27.7. The van der Waals surface area contributed by atoms with Gasteiger partial charge < -0.3 is 14.5 Å². The maximum atomic E-state index is 13.4. The Morgan fingerprint density at radius 1 is 1.13 bits per heavy atom. The molecule has 0 aliphatic carbocycles. The average molecular weight is 423 g/mol. The van der Waals surface area contributed by atoms with Crippen LogP contribution in [-0.4, -0.2) is 60.2 Å². The molecule has 2 saturated heterocycles. The quantitative estimate of drug-likeness (QED) is 0.643. The van der Waals surface area contributed by atoms with E-state index in [1.165, 1.54) is 15.6 Å². The normalized spacial score (nSPS) is 19.6. The van der Waals surface area contributed by atoms with Crippen molar-refractivity contribution in [1.29, 1.82) is 0 Å². The zero-order valence-corrected chi connectivity index (χ0v) is 18.2. The molecule has 1 amide bonds. The fourth-order valence-corrected chi connectivity index (χ4v) is 5.86. The second-order valence-corrected chi connectivity index (χ2v) is 9.14. The molecule has 30 heavy (non-hydrogen) atoms. The van der Waals surface area contributed by atoms with Gasteiger partial charge in [-0.15, -0.1) is 11.3 Å². The number of hydrogen-bond acceptors (Lipinski definition) is 6. The van der Waals surface area contributed by atoms with Crippen LogP contribution in [0.4, 0.5) is 5.82 Å². The van der Waals surface area contributed by atoms with Crippen LogP contribution in [0.1, 0.15) is 39.1 Å². The Labute approximate surface area is 180 Å². The average Bonchev–Trinajstić information content (AvgIpc) is 3.38. The number of nitrogens with zero attached hydrogens (tertiary/aromatic N) is 4. The fraction of sp³-hybridized carbons (Fsp3) is 0.435. The van der Waals surface area contributed by atoms with Gasteiger partial charge in [-0.05, 0) is 37.3 Å². The summed E-state index contributed by atoms with van der Waals surface area (Å²) in [5, 5.41) is 1.22. The SMILES string of the molecule is Cc1cc(N2CC[C@@H](c3c(C(=O)N4CCOCC4)sc4ccccc34)C2)nc(C)n1. The summed E-state index contributed by atoms with van der Waals surface area (Å²) in [6.45, 7) is 8.35. The van der Waals surface area contributed by atoms with Crippen molar-refractivity contribution in [3.05, 3.63) is 52.3 Å². The van der Waals surface area contributed by atoms with Gasteiger partial charge >= 0.3 is 0 Å². The summed E-state index contributed by atoms with van der Waals surface area (Å²) in [5.74, 6) is 2.26. The number of benzene rings is 1. The van der Waals surface area contributed by atoms with E-state index in [4.69, 9.17) is 4.74 Å². The molecule has 6 nitrogen and oxygen atoms in total. The molecule has 4 heterocycles. The van der Waals surface area contributed by atoms with Crippen LogP contribution in [0.2, 0.25) is 0 Å². The van der Waals surface area contributed by atoms with Crippen LogP contribution in [0.3, 0.4) is 0 Å². The van der Waals surface area contributed by atoms with Gasteiger partial charge in [-0.25, -0.2) is 9.97 Å². The third-order valence-electron chi connectivity index (χ3n) is 6.00. The number of morpholine rings is 1. The second-order valence-electron chi connectivity index (χ2n) is 8.09. The molecular formula is C23H26N4O2S. The predicted octanol–water partition coefficient (Wildman–Crippen LogP) is 3.77. The summed E-state index contributed by atoms with van der Waals surface area (Å²) in [5.41, 5.74) is 2.21. The first kappa shape index (κ1) is 19.5. The highest BCUT2D eigenvalue weighted by Gasteiger charge is 2.33. The standard InChI is InChI=1S/C23H26N4O2S/c1-15-13-20(25-16(2)24-15)27-8-7-17(14-27)21-18-5-3-4-6-19(18)30-22(21)23(28)26-9-11-29-12-10-26/h3-6,13,17H,7-12,14H2,1-2H3/t17-/m1/s1. The molecule has 0 unspecified atom stereocenters. The zero-order chi connectivity index (χ0) is 20.7. The molecule has 0 radical (unpaired) electrons. The lowest BCUT2D eigenvalue weighted by molar-refractivity contribution is 0.0305. The molecule has 0 N–H and O–H groups in total. The Morgan fingerprint density at radius 3 is 2.73 bits per heavy atom. The lowest BCUT2D eigenvalue weighted by atomic mass is 9.94. The van der Waals surface area contributed by atoms with Gasteiger partial charge in [0, 0.05) is 48.6 Å². The van der Waals surface area contributed by atoms with Gasteiger partial charge in [0.15, 0.2) is 0 Å². The van der Waals surface area contributed by atoms with Crippen LogP contribution >= 0.6 is 11.3 Å². The lowest BCUT2D eigenvalue weighted by Gasteiger charge is -2.27. The highest BCUT2D eigenvalue weighted by atomic mass is 32.1. The largest absolute Gasteiger partial charge is 0.378 e. The van der Waals surface area contributed by atoms with E-state index in [-0.39, 0.29) is 5.91 Å². The molecule has 2 aliphatic heterocycles. The number of fused-ring (bicyclic) bond motifs is 1. The summed E-state index contributed by atoms with van der Waals surface area (Å²) in [6, 6.07) is 10.5. The number of aromatic nitrogens is 2. The van der Waals surface area contributed by atoms with Crippen molar-refractivity contribution in [2.75, 3.05) is 44.3 Å². The smallest absolute Gasteiger partial charge is 0.264 e. The van der Waals surface area contributed by atoms with Crippen molar-refractivity contribution in [2.24, 2.45) is 0 Å². The zero-order valence-electron chi connectivity index (χ0n) is 17.4. The van der Waals surface area contributed by atoms with Crippen LogP contribution in [0, 0.1) is 13.8 Å². The van der Waals surface area contributed by atoms with E-state index in [9.17, 15) is 4.79 Å². The molecule has 2 fully saturated rings. The molecule has 0 spiro atoms. The van der Waals surface area contributed by atoms with E-state index in [2.05, 4.69) is 45.2 Å². The van der Waals surface area contributed by atoms with Crippen LogP contribution in [0.15, 0.2) is 30.3 Å². The van der Waals surface area contributed by atoms with Crippen LogP contribution in [0.5, 0.6) is 0 Å². The van der Waals surface area contributed by atoms with E-state index in [0.29, 0.717) is 32.2 Å². The monoisotopic (exact) mass is 422 g/mol. The molecule has 0 saturated carbocycles. The summed E-state index contributed by atoms with van der Waals surface area (Å²) in [7, 11) is 0. The molecule has 1 atom stereocenters. The van der Waals surface area contributed by atoms with Crippen molar-refractivity contribution in [1.82, 2.24) is 14.9 Å². The molecule has 2 aromatic heterocycles. The van der Waals surface area contributed by atoms with Gasteiger partial charge in [0.05, 0.1) is 18.1 Å². The second kappa shape index (κ2) is 7.96. The van der Waals surface area contributed by atoms with Gasteiger partial charge in [-0.2, -0.15) is 0 Å². The molecule has 156 valence electrons. The van der Waals surface area contributed by atoms with E-state index in [1.54, 1.807) is 11.3 Å². The first-order chi connectivity index (χ1) is 14.6. The highest BCUT2D eigenvalue weighted by molar-refractivity contribution is 7.21. The number of anilines is 1. The van der Waals surface area contributed by atoms with Gasteiger partial charge in [0.25, 0.3) is 5.91 Å². The third-order valence-corrected chi connectivity index (χ3v) is 7.17. The molecular weight excluding hydrogens is 396 g/mol. The maximum Gasteiger partial charge on any atom is 0.264 e. The predicted molar refractivity (Wildman–Crippen MR) is 120 cm³/mol. The maximum absolute atomic E-state index is 13.4. The van der Waals surface area contributed by atoms with Crippen LogP contribution in [-0.2, 0) is 4.74 Å². The fourth-order valence-electron chi connectivity index (χ4n) is 4.60. The first-order valence-corrected chi connectivity index (χ1v) is 11.4. The van der Waals surface area contributed by atoms with Crippen molar-refractivity contribution < 1.29 is 9.53 Å². The van der Waals surface area contributed by atoms with Crippen molar-refractivity contribution in [2.45, 2.75) is 26.2 Å². The summed E-state index contributed by atoms with van der Waals surface area (Å²) >= 11 is 1.64. The van der Waals surface area contributed by atoms with Gasteiger partial charge in [0.2, 0.25) is 0 Å². The van der Waals surface area contributed by atoms with Gasteiger partial charge in [-0.3, -0.25) is 4.79 Å². The minimum Gasteiger partial charge on any atom is -0.378 e. The van der Waals surface area contributed by atoms with E-state index < -0.39 is 0 Å². The van der Waals surface area contributed by atoms with E-state index in [1.807, 2.05) is 18.7 Å². The molecule has 1 aromatic carbocycles. The number of aryl methyl sites for hydroxylation is 2.